The van der Waals surface area contributed by atoms with Gasteiger partial charge in [0.05, 0.1) is 18.2 Å². The molecule has 1 saturated heterocycles. The summed E-state index contributed by atoms with van der Waals surface area (Å²) in [6, 6.07) is 18.8. The van der Waals surface area contributed by atoms with E-state index in [1.807, 2.05) is 13.8 Å². The van der Waals surface area contributed by atoms with Crippen LogP contribution in [0, 0.1) is 11.7 Å². The number of aliphatic hydroxyl groups excluding tert-OH is 1. The molecule has 0 saturated carbocycles. The van der Waals surface area contributed by atoms with E-state index in [1.54, 1.807) is 60.7 Å². The number of hydrogen-bond donors (Lipinski definition) is 1. The molecule has 186 valence electrons. The van der Waals surface area contributed by atoms with Crippen LogP contribution >= 0.6 is 11.6 Å². The number of rotatable bonds is 8. The molecule has 1 unspecified atom stereocenters. The van der Waals surface area contributed by atoms with Gasteiger partial charge in [0.25, 0.3) is 11.7 Å². The van der Waals surface area contributed by atoms with Gasteiger partial charge in [0, 0.05) is 17.1 Å². The number of amides is 1. The molecule has 5 nitrogen and oxygen atoms in total. The predicted molar refractivity (Wildman–Crippen MR) is 137 cm³/mol. The van der Waals surface area contributed by atoms with E-state index in [0.717, 1.165) is 5.56 Å². The fraction of sp³-hybridized carbons (Fsp3) is 0.241. The van der Waals surface area contributed by atoms with Gasteiger partial charge < -0.3 is 14.7 Å². The number of nitrogens with zero attached hydrogens (tertiary/aromatic N) is 1. The van der Waals surface area contributed by atoms with Gasteiger partial charge in [-0.1, -0.05) is 49.7 Å². The molecule has 1 aliphatic heterocycles. The molecular formula is C29H27ClFNO4. The summed E-state index contributed by atoms with van der Waals surface area (Å²) < 4.78 is 19.0. The fourth-order valence-corrected chi connectivity index (χ4v) is 4.26. The van der Waals surface area contributed by atoms with Crippen molar-refractivity contribution >= 4 is 29.1 Å². The van der Waals surface area contributed by atoms with Crippen LogP contribution in [0.4, 0.5) is 4.39 Å². The molecule has 1 heterocycles. The molecule has 3 aromatic rings. The lowest BCUT2D eigenvalue weighted by Gasteiger charge is -2.25. The lowest BCUT2D eigenvalue weighted by molar-refractivity contribution is -0.139. The topological polar surface area (TPSA) is 66.8 Å². The van der Waals surface area contributed by atoms with Crippen LogP contribution in [0.15, 0.2) is 78.4 Å². The summed E-state index contributed by atoms with van der Waals surface area (Å²) >= 11 is 6.07. The maximum Gasteiger partial charge on any atom is 0.295 e. The average Bonchev–Trinajstić information content (AvgIpc) is 3.12. The van der Waals surface area contributed by atoms with E-state index in [-0.39, 0.29) is 23.7 Å². The largest absolute Gasteiger partial charge is 0.507 e. The Morgan fingerprint density at radius 2 is 1.64 bits per heavy atom. The minimum Gasteiger partial charge on any atom is -0.507 e. The summed E-state index contributed by atoms with van der Waals surface area (Å²) in [7, 11) is 0. The lowest BCUT2D eigenvalue weighted by Crippen LogP contribution is -2.31. The Balaban J connectivity index is 1.69. The highest BCUT2D eigenvalue weighted by molar-refractivity contribution is 6.46. The van der Waals surface area contributed by atoms with Crippen LogP contribution in [-0.4, -0.2) is 34.8 Å². The number of Topliss-reactive ketones (excluding diaryl/α,β-unsaturated/α-hetero) is 1. The Labute approximate surface area is 214 Å². The second-order valence-electron chi connectivity index (χ2n) is 9.15. The van der Waals surface area contributed by atoms with Gasteiger partial charge in [-0.25, -0.2) is 4.39 Å². The minimum atomic E-state index is -0.792. The summed E-state index contributed by atoms with van der Waals surface area (Å²) in [6.45, 7) is 4.86. The van der Waals surface area contributed by atoms with Crippen LogP contribution < -0.4 is 4.74 Å². The van der Waals surface area contributed by atoms with Gasteiger partial charge in [0.2, 0.25) is 0 Å². The van der Waals surface area contributed by atoms with Gasteiger partial charge in [-0.05, 0) is 72.0 Å². The average molecular weight is 508 g/mol. The standard InChI is InChI=1S/C29H27ClFNO4/c1-18(2)17-36-24-13-7-21(8-14-24)27(33)25-26(20-5-9-22(30)10-6-20)32(29(35)28(25)34)16-15-19-3-11-23(31)12-4-19/h3-14,18,26,33H,15-17H2,1-2H3/b27-25-. The van der Waals surface area contributed by atoms with Gasteiger partial charge in [0.1, 0.15) is 17.3 Å². The van der Waals surface area contributed by atoms with E-state index < -0.39 is 17.7 Å². The molecule has 4 rings (SSSR count). The quantitative estimate of drug-likeness (QED) is 0.225. The summed E-state index contributed by atoms with van der Waals surface area (Å²) in [5.74, 6) is -1.05. The Bertz CT molecular complexity index is 1270. The van der Waals surface area contributed by atoms with Crippen molar-refractivity contribution in [1.82, 2.24) is 4.90 Å². The molecule has 1 atom stereocenters. The highest BCUT2D eigenvalue weighted by Crippen LogP contribution is 2.40. The molecule has 0 aliphatic carbocycles. The zero-order chi connectivity index (χ0) is 25.8. The number of benzene rings is 3. The van der Waals surface area contributed by atoms with Crippen molar-refractivity contribution in [2.75, 3.05) is 13.2 Å². The number of halogens is 2. The smallest absolute Gasteiger partial charge is 0.295 e. The second-order valence-corrected chi connectivity index (χ2v) is 9.59. The van der Waals surface area contributed by atoms with E-state index in [4.69, 9.17) is 16.3 Å². The first kappa shape index (κ1) is 25.5. The fourth-order valence-electron chi connectivity index (χ4n) is 4.13. The third-order valence-corrected chi connectivity index (χ3v) is 6.24. The molecule has 0 bridgehead atoms. The molecule has 0 spiro atoms. The van der Waals surface area contributed by atoms with Crippen molar-refractivity contribution in [2.24, 2.45) is 5.92 Å². The van der Waals surface area contributed by atoms with Crippen molar-refractivity contribution < 1.29 is 23.8 Å². The van der Waals surface area contributed by atoms with Crippen LogP contribution in [0.3, 0.4) is 0 Å². The molecule has 1 fully saturated rings. The number of carbonyl (C=O) groups is 2. The van der Waals surface area contributed by atoms with Gasteiger partial charge >= 0.3 is 0 Å². The maximum atomic E-state index is 13.3. The first-order chi connectivity index (χ1) is 17.2. The van der Waals surface area contributed by atoms with Gasteiger partial charge in [-0.3, -0.25) is 9.59 Å². The summed E-state index contributed by atoms with van der Waals surface area (Å²) in [5, 5.41) is 11.7. The van der Waals surface area contributed by atoms with E-state index in [2.05, 4.69) is 0 Å². The van der Waals surface area contributed by atoms with Gasteiger partial charge in [-0.2, -0.15) is 0 Å². The number of carbonyl (C=O) groups excluding carboxylic acids is 2. The van der Waals surface area contributed by atoms with Crippen molar-refractivity contribution in [3.8, 4) is 5.75 Å². The predicted octanol–water partition coefficient (Wildman–Crippen LogP) is 6.18. The maximum absolute atomic E-state index is 13.3. The van der Waals surface area contributed by atoms with Crippen LogP contribution in [0.2, 0.25) is 5.02 Å². The summed E-state index contributed by atoms with van der Waals surface area (Å²) in [5.41, 5.74) is 1.89. The molecule has 0 radical (unpaired) electrons. The molecule has 36 heavy (non-hydrogen) atoms. The van der Waals surface area contributed by atoms with Crippen LogP contribution in [0.25, 0.3) is 5.76 Å². The zero-order valence-corrected chi connectivity index (χ0v) is 20.8. The molecule has 7 heteroatoms. The van der Waals surface area contributed by atoms with Crippen LogP contribution in [0.5, 0.6) is 5.75 Å². The third-order valence-electron chi connectivity index (χ3n) is 5.99. The minimum absolute atomic E-state index is 0.0114. The molecule has 1 N–H and O–H groups in total. The molecule has 1 amide bonds. The lowest BCUT2D eigenvalue weighted by atomic mass is 9.95. The monoisotopic (exact) mass is 507 g/mol. The van der Waals surface area contributed by atoms with Gasteiger partial charge in [0.15, 0.2) is 0 Å². The number of aliphatic hydroxyl groups is 1. The number of likely N-dealkylation sites (tertiary alicyclic amines) is 1. The third kappa shape index (κ3) is 5.60. The van der Waals surface area contributed by atoms with Crippen molar-refractivity contribution in [2.45, 2.75) is 26.3 Å². The SMILES string of the molecule is CC(C)COc1ccc(/C(O)=C2/C(=O)C(=O)N(CCc3ccc(F)cc3)C2c2ccc(Cl)cc2)cc1. The molecule has 3 aromatic carbocycles. The molecular weight excluding hydrogens is 481 g/mol. The Hall–Kier alpha value is -3.64. The normalized spacial score (nSPS) is 17.1. The van der Waals surface area contributed by atoms with E-state index in [9.17, 15) is 19.1 Å². The zero-order valence-electron chi connectivity index (χ0n) is 20.1. The number of ether oxygens (including phenoxy) is 1. The van der Waals surface area contributed by atoms with Gasteiger partial charge in [-0.15, -0.1) is 0 Å². The first-order valence-corrected chi connectivity index (χ1v) is 12.1. The Morgan fingerprint density at radius 3 is 2.25 bits per heavy atom. The molecule has 1 aliphatic rings. The van der Waals surface area contributed by atoms with E-state index >= 15 is 0 Å². The number of hydrogen-bond acceptors (Lipinski definition) is 4. The second kappa shape index (κ2) is 11.0. The van der Waals surface area contributed by atoms with Crippen LogP contribution in [-0.2, 0) is 16.0 Å². The number of ketones is 1. The van der Waals surface area contributed by atoms with E-state index in [0.29, 0.717) is 40.8 Å². The first-order valence-electron chi connectivity index (χ1n) is 11.8. The van der Waals surface area contributed by atoms with E-state index in [1.165, 1.54) is 17.0 Å². The molecule has 0 aromatic heterocycles. The van der Waals surface area contributed by atoms with Crippen molar-refractivity contribution in [3.63, 3.8) is 0 Å². The Morgan fingerprint density at radius 1 is 1.00 bits per heavy atom. The summed E-state index contributed by atoms with van der Waals surface area (Å²) in [6.07, 6.45) is 0.416. The highest BCUT2D eigenvalue weighted by atomic mass is 35.5. The highest BCUT2D eigenvalue weighted by Gasteiger charge is 2.45. The van der Waals surface area contributed by atoms with Crippen molar-refractivity contribution in [1.29, 1.82) is 0 Å². The summed E-state index contributed by atoms with van der Waals surface area (Å²) in [4.78, 5) is 27.7. The Kier molecular flexibility index (Phi) is 7.75. The van der Waals surface area contributed by atoms with Crippen molar-refractivity contribution in [3.05, 3.63) is 106 Å². The van der Waals surface area contributed by atoms with Crippen LogP contribution in [0.1, 0.15) is 36.6 Å².